The molecule has 1 unspecified atom stereocenters. The largest absolute Gasteiger partial charge is 0.396 e. The minimum atomic E-state index is -0.326. The van der Waals surface area contributed by atoms with Crippen molar-refractivity contribution in [3.05, 3.63) is 16.8 Å². The molecule has 0 radical (unpaired) electrons. The first-order valence-corrected chi connectivity index (χ1v) is 5.94. The molecule has 1 rings (SSSR count). The van der Waals surface area contributed by atoms with Gasteiger partial charge in [-0.1, -0.05) is 13.8 Å². The average molecular weight is 256 g/mol. The summed E-state index contributed by atoms with van der Waals surface area (Å²) in [6, 6.07) is -0.0954. The Kier molecular flexibility index (Phi) is 5.08. The van der Waals surface area contributed by atoms with Crippen molar-refractivity contribution < 1.29 is 9.90 Å². The van der Waals surface area contributed by atoms with Crippen LogP contribution in [0.4, 0.5) is 0 Å². The van der Waals surface area contributed by atoms with Gasteiger partial charge in [0, 0.05) is 19.7 Å². The highest BCUT2D eigenvalue weighted by molar-refractivity contribution is 5.75. The Morgan fingerprint density at radius 3 is 2.67 bits per heavy atom. The van der Waals surface area contributed by atoms with E-state index in [1.165, 1.54) is 10.9 Å². The van der Waals surface area contributed by atoms with Gasteiger partial charge in [-0.25, -0.2) is 9.48 Å². The second-order valence-corrected chi connectivity index (χ2v) is 4.61. The highest BCUT2D eigenvalue weighted by Gasteiger charge is 2.16. The van der Waals surface area contributed by atoms with E-state index in [0.29, 0.717) is 6.42 Å². The predicted octanol–water partition coefficient (Wildman–Crippen LogP) is -0.895. The van der Waals surface area contributed by atoms with Crippen LogP contribution < -0.4 is 11.0 Å². The Bertz CT molecular complexity index is 449. The van der Waals surface area contributed by atoms with Crippen LogP contribution in [0, 0.1) is 5.92 Å². The molecule has 1 aromatic heterocycles. The minimum absolute atomic E-state index is 0.0205. The molecule has 7 heteroatoms. The maximum atomic E-state index is 11.8. The number of aryl methyl sites for hydroxylation is 1. The summed E-state index contributed by atoms with van der Waals surface area (Å²) >= 11 is 0. The molecule has 18 heavy (non-hydrogen) atoms. The van der Waals surface area contributed by atoms with Crippen LogP contribution in [-0.4, -0.2) is 38.0 Å². The van der Waals surface area contributed by atoms with Gasteiger partial charge in [-0.2, -0.15) is 5.10 Å². The number of nitrogens with zero attached hydrogens (tertiary/aromatic N) is 3. The Hall–Kier alpha value is -1.63. The standard InChI is InChI=1S/C11H20N4O3/c1-8(2)9(4-5-16)13-10(17)6-15-11(18)14(3)7-12-15/h7-9,16H,4-6H2,1-3H3,(H,13,17). The van der Waals surface area contributed by atoms with E-state index in [2.05, 4.69) is 10.4 Å². The lowest BCUT2D eigenvalue weighted by Gasteiger charge is -2.21. The molecular weight excluding hydrogens is 236 g/mol. The maximum Gasteiger partial charge on any atom is 0.345 e. The zero-order chi connectivity index (χ0) is 13.7. The molecule has 0 aliphatic heterocycles. The van der Waals surface area contributed by atoms with Crippen LogP contribution >= 0.6 is 0 Å². The van der Waals surface area contributed by atoms with Crippen molar-refractivity contribution in [2.45, 2.75) is 32.9 Å². The van der Waals surface area contributed by atoms with Gasteiger partial charge < -0.3 is 10.4 Å². The molecule has 1 aromatic rings. The third-order valence-corrected chi connectivity index (χ3v) is 2.77. The van der Waals surface area contributed by atoms with E-state index in [1.807, 2.05) is 13.8 Å². The van der Waals surface area contributed by atoms with Crippen LogP contribution in [-0.2, 0) is 18.4 Å². The molecule has 1 atom stereocenters. The first-order valence-electron chi connectivity index (χ1n) is 5.94. The first kappa shape index (κ1) is 14.4. The van der Waals surface area contributed by atoms with Gasteiger partial charge in [0.05, 0.1) is 0 Å². The molecule has 0 saturated heterocycles. The summed E-state index contributed by atoms with van der Waals surface area (Å²) in [5, 5.41) is 15.5. The summed E-state index contributed by atoms with van der Waals surface area (Å²) in [6.07, 6.45) is 1.86. The number of hydrogen-bond acceptors (Lipinski definition) is 4. The summed E-state index contributed by atoms with van der Waals surface area (Å²) in [4.78, 5) is 23.3. The molecule has 1 heterocycles. The van der Waals surface area contributed by atoms with E-state index in [9.17, 15) is 9.59 Å². The molecular formula is C11H20N4O3. The molecule has 0 saturated carbocycles. The van der Waals surface area contributed by atoms with Crippen molar-refractivity contribution in [2.24, 2.45) is 13.0 Å². The number of amides is 1. The average Bonchev–Trinajstić information content (AvgIpc) is 2.60. The lowest BCUT2D eigenvalue weighted by atomic mass is 10.0. The van der Waals surface area contributed by atoms with Crippen LogP contribution in [0.25, 0.3) is 0 Å². The highest BCUT2D eigenvalue weighted by Crippen LogP contribution is 2.05. The summed E-state index contributed by atoms with van der Waals surface area (Å²) < 4.78 is 2.41. The summed E-state index contributed by atoms with van der Waals surface area (Å²) in [6.45, 7) is 3.85. The number of rotatable bonds is 6. The third-order valence-electron chi connectivity index (χ3n) is 2.77. The second kappa shape index (κ2) is 6.34. The Morgan fingerprint density at radius 1 is 1.56 bits per heavy atom. The number of aliphatic hydroxyl groups excluding tert-OH is 1. The molecule has 2 N–H and O–H groups in total. The normalized spacial score (nSPS) is 12.7. The second-order valence-electron chi connectivity index (χ2n) is 4.61. The fourth-order valence-corrected chi connectivity index (χ4v) is 1.63. The summed E-state index contributed by atoms with van der Waals surface area (Å²) in [5.41, 5.74) is -0.326. The molecule has 102 valence electrons. The summed E-state index contributed by atoms with van der Waals surface area (Å²) in [5.74, 6) is -0.0514. The van der Waals surface area contributed by atoms with Crippen LogP contribution in [0.5, 0.6) is 0 Å². The number of hydrogen-bond donors (Lipinski definition) is 2. The highest BCUT2D eigenvalue weighted by atomic mass is 16.3. The van der Waals surface area contributed by atoms with Gasteiger partial charge >= 0.3 is 5.69 Å². The summed E-state index contributed by atoms with van der Waals surface area (Å²) in [7, 11) is 1.58. The van der Waals surface area contributed by atoms with Crippen molar-refractivity contribution in [3.63, 3.8) is 0 Å². The maximum absolute atomic E-state index is 11.8. The van der Waals surface area contributed by atoms with Gasteiger partial charge in [0.1, 0.15) is 12.9 Å². The zero-order valence-corrected chi connectivity index (χ0v) is 11.0. The number of aromatic nitrogens is 3. The Morgan fingerprint density at radius 2 is 2.22 bits per heavy atom. The van der Waals surface area contributed by atoms with Gasteiger partial charge in [0.15, 0.2) is 0 Å². The van der Waals surface area contributed by atoms with E-state index in [1.54, 1.807) is 7.05 Å². The zero-order valence-electron chi connectivity index (χ0n) is 11.0. The van der Waals surface area contributed by atoms with Crippen LogP contribution in [0.2, 0.25) is 0 Å². The topological polar surface area (TPSA) is 89.2 Å². The minimum Gasteiger partial charge on any atom is -0.396 e. The fourth-order valence-electron chi connectivity index (χ4n) is 1.63. The van der Waals surface area contributed by atoms with E-state index >= 15 is 0 Å². The van der Waals surface area contributed by atoms with E-state index < -0.39 is 0 Å². The van der Waals surface area contributed by atoms with Crippen molar-refractivity contribution in [1.29, 1.82) is 0 Å². The van der Waals surface area contributed by atoms with Gasteiger partial charge in [-0.3, -0.25) is 9.36 Å². The predicted molar refractivity (Wildman–Crippen MR) is 65.9 cm³/mol. The molecule has 0 aliphatic rings. The number of carbonyl (C=O) groups is 1. The number of carbonyl (C=O) groups excluding carboxylic acids is 1. The van der Waals surface area contributed by atoms with Gasteiger partial charge in [0.25, 0.3) is 0 Å². The van der Waals surface area contributed by atoms with Gasteiger partial charge in [-0.15, -0.1) is 0 Å². The Balaban J connectivity index is 2.60. The number of nitrogens with one attached hydrogen (secondary N) is 1. The van der Waals surface area contributed by atoms with Crippen LogP contribution in [0.15, 0.2) is 11.1 Å². The van der Waals surface area contributed by atoms with Gasteiger partial charge in [0.2, 0.25) is 5.91 Å². The Labute approximate surface area is 105 Å². The molecule has 0 fully saturated rings. The van der Waals surface area contributed by atoms with Crippen molar-refractivity contribution in [1.82, 2.24) is 19.7 Å². The van der Waals surface area contributed by atoms with E-state index in [4.69, 9.17) is 5.11 Å². The smallest absolute Gasteiger partial charge is 0.345 e. The lowest BCUT2D eigenvalue weighted by Crippen LogP contribution is -2.42. The lowest BCUT2D eigenvalue weighted by molar-refractivity contribution is -0.123. The van der Waals surface area contributed by atoms with Crippen LogP contribution in [0.1, 0.15) is 20.3 Å². The van der Waals surface area contributed by atoms with E-state index in [-0.39, 0.29) is 36.7 Å². The van der Waals surface area contributed by atoms with E-state index in [0.717, 1.165) is 4.68 Å². The fraction of sp³-hybridized carbons (Fsp3) is 0.727. The molecule has 1 amide bonds. The molecule has 7 nitrogen and oxygen atoms in total. The monoisotopic (exact) mass is 256 g/mol. The van der Waals surface area contributed by atoms with Crippen molar-refractivity contribution in [3.8, 4) is 0 Å². The molecule has 0 spiro atoms. The third kappa shape index (κ3) is 3.69. The van der Waals surface area contributed by atoms with Crippen molar-refractivity contribution >= 4 is 5.91 Å². The van der Waals surface area contributed by atoms with Crippen LogP contribution in [0.3, 0.4) is 0 Å². The first-order chi connectivity index (χ1) is 8.45. The quantitative estimate of drug-likeness (QED) is 0.690. The molecule has 0 aliphatic carbocycles. The molecule has 0 aromatic carbocycles. The van der Waals surface area contributed by atoms with Crippen molar-refractivity contribution in [2.75, 3.05) is 6.61 Å². The SMILES string of the molecule is CC(C)C(CCO)NC(=O)Cn1ncn(C)c1=O. The molecule has 0 bridgehead atoms. The number of aliphatic hydroxyl groups is 1. The van der Waals surface area contributed by atoms with Gasteiger partial charge in [-0.05, 0) is 12.3 Å².